The molecule has 2 aromatic rings. The zero-order valence-corrected chi connectivity index (χ0v) is 12.2. The van der Waals surface area contributed by atoms with Gasteiger partial charge in [0.25, 0.3) is 0 Å². The average molecular weight is 276 g/mol. The van der Waals surface area contributed by atoms with E-state index in [4.69, 9.17) is 0 Å². The molecule has 0 spiro atoms. The van der Waals surface area contributed by atoms with Crippen molar-refractivity contribution in [2.75, 3.05) is 6.26 Å². The highest BCUT2D eigenvalue weighted by molar-refractivity contribution is 7.98. The van der Waals surface area contributed by atoms with Gasteiger partial charge < -0.3 is 5.32 Å². The van der Waals surface area contributed by atoms with E-state index in [1.807, 2.05) is 4.68 Å². The van der Waals surface area contributed by atoms with Gasteiger partial charge in [-0.2, -0.15) is 5.10 Å². The third-order valence-corrected chi connectivity index (χ3v) is 3.86. The smallest absolute Gasteiger partial charge is 0.137 e. The highest BCUT2D eigenvalue weighted by Crippen LogP contribution is 2.14. The van der Waals surface area contributed by atoms with Gasteiger partial charge in [-0.15, -0.1) is 11.8 Å². The summed E-state index contributed by atoms with van der Waals surface area (Å²) < 4.78 is 1.87. The summed E-state index contributed by atoms with van der Waals surface area (Å²) in [6.07, 6.45) is 6.51. The van der Waals surface area contributed by atoms with Crippen LogP contribution in [0, 0.1) is 0 Å². The maximum Gasteiger partial charge on any atom is 0.137 e. The maximum atomic E-state index is 4.14. The second-order valence-corrected chi connectivity index (χ2v) is 5.33. The van der Waals surface area contributed by atoms with Crippen molar-refractivity contribution in [2.45, 2.75) is 37.4 Å². The Kier molecular flexibility index (Phi) is 5.42. The van der Waals surface area contributed by atoms with Gasteiger partial charge in [0.05, 0.1) is 6.54 Å². The van der Waals surface area contributed by atoms with Crippen molar-refractivity contribution in [3.63, 3.8) is 0 Å². The molecule has 1 aromatic carbocycles. The van der Waals surface area contributed by atoms with E-state index in [9.17, 15) is 0 Å². The van der Waals surface area contributed by atoms with Gasteiger partial charge in [0.2, 0.25) is 0 Å². The van der Waals surface area contributed by atoms with Crippen LogP contribution in [0.1, 0.15) is 18.9 Å². The molecule has 0 radical (unpaired) electrons. The molecule has 19 heavy (non-hydrogen) atoms. The number of thioether (sulfide) groups is 1. The largest absolute Gasteiger partial charge is 0.308 e. The summed E-state index contributed by atoms with van der Waals surface area (Å²) in [5.41, 5.74) is 1.31. The molecule has 0 saturated heterocycles. The first-order valence-corrected chi connectivity index (χ1v) is 7.73. The van der Waals surface area contributed by atoms with E-state index in [0.29, 0.717) is 6.04 Å². The predicted octanol–water partition coefficient (Wildman–Crippen LogP) is 2.57. The number of nitrogens with zero attached hydrogens (tertiary/aromatic N) is 3. The quantitative estimate of drug-likeness (QED) is 0.789. The van der Waals surface area contributed by atoms with Crippen LogP contribution in [0.25, 0.3) is 0 Å². The SMILES string of the molecule is CC[C@H](Cn1cncn1)NCc1ccc(SC)cc1. The summed E-state index contributed by atoms with van der Waals surface area (Å²) >= 11 is 1.77. The van der Waals surface area contributed by atoms with Gasteiger partial charge in [0, 0.05) is 17.5 Å². The lowest BCUT2D eigenvalue weighted by molar-refractivity contribution is 0.414. The Hall–Kier alpha value is -1.33. The van der Waals surface area contributed by atoms with Gasteiger partial charge in [-0.25, -0.2) is 4.98 Å². The van der Waals surface area contributed by atoms with E-state index in [-0.39, 0.29) is 0 Å². The number of nitrogens with one attached hydrogen (secondary N) is 1. The fourth-order valence-electron chi connectivity index (χ4n) is 1.90. The Bertz CT molecular complexity index is 467. The summed E-state index contributed by atoms with van der Waals surface area (Å²) in [6, 6.07) is 9.12. The standard InChI is InChI=1S/C14H20N4S/c1-3-13(9-18-11-15-10-17-18)16-8-12-4-6-14(19-2)7-5-12/h4-7,10-11,13,16H,3,8-9H2,1-2H3/t13-/m1/s1. The van der Waals surface area contributed by atoms with Crippen molar-refractivity contribution in [2.24, 2.45) is 0 Å². The number of hydrogen-bond acceptors (Lipinski definition) is 4. The van der Waals surface area contributed by atoms with Gasteiger partial charge in [0.1, 0.15) is 12.7 Å². The highest BCUT2D eigenvalue weighted by atomic mass is 32.2. The number of rotatable bonds is 7. The molecule has 102 valence electrons. The van der Waals surface area contributed by atoms with Crippen molar-refractivity contribution < 1.29 is 0 Å². The highest BCUT2D eigenvalue weighted by Gasteiger charge is 2.07. The van der Waals surface area contributed by atoms with Crippen LogP contribution in [-0.4, -0.2) is 27.1 Å². The fourth-order valence-corrected chi connectivity index (χ4v) is 2.30. The van der Waals surface area contributed by atoms with Crippen LogP contribution in [-0.2, 0) is 13.1 Å². The minimum atomic E-state index is 0.418. The minimum Gasteiger partial charge on any atom is -0.308 e. The zero-order chi connectivity index (χ0) is 13.5. The van der Waals surface area contributed by atoms with E-state index in [0.717, 1.165) is 19.5 Å². The summed E-state index contributed by atoms with van der Waals surface area (Å²) in [6.45, 7) is 3.94. The molecule has 5 heteroatoms. The third kappa shape index (κ3) is 4.36. The predicted molar refractivity (Wildman–Crippen MR) is 79.2 cm³/mol. The monoisotopic (exact) mass is 276 g/mol. The van der Waals surface area contributed by atoms with Gasteiger partial charge in [-0.05, 0) is 30.4 Å². The molecule has 1 heterocycles. The fraction of sp³-hybridized carbons (Fsp3) is 0.429. The maximum absolute atomic E-state index is 4.14. The van der Waals surface area contributed by atoms with Crippen LogP contribution in [0.15, 0.2) is 41.8 Å². The van der Waals surface area contributed by atoms with Crippen LogP contribution in [0.4, 0.5) is 0 Å². The van der Waals surface area contributed by atoms with Crippen LogP contribution >= 0.6 is 11.8 Å². The summed E-state index contributed by atoms with van der Waals surface area (Å²) in [7, 11) is 0. The molecule has 0 aliphatic heterocycles. The Morgan fingerprint density at radius 2 is 2.11 bits per heavy atom. The number of hydrogen-bond donors (Lipinski definition) is 1. The van der Waals surface area contributed by atoms with E-state index in [2.05, 4.69) is 52.8 Å². The third-order valence-electron chi connectivity index (χ3n) is 3.12. The second kappa shape index (κ2) is 7.31. The number of benzene rings is 1. The molecular weight excluding hydrogens is 256 g/mol. The Labute approximate surface area is 118 Å². The van der Waals surface area contributed by atoms with Gasteiger partial charge in [-0.1, -0.05) is 19.1 Å². The van der Waals surface area contributed by atoms with Crippen molar-refractivity contribution in [1.29, 1.82) is 0 Å². The van der Waals surface area contributed by atoms with Gasteiger partial charge in [0.15, 0.2) is 0 Å². The molecule has 1 aromatic heterocycles. The zero-order valence-electron chi connectivity index (χ0n) is 11.4. The summed E-state index contributed by atoms with van der Waals surface area (Å²) in [5.74, 6) is 0. The van der Waals surface area contributed by atoms with E-state index < -0.39 is 0 Å². The van der Waals surface area contributed by atoms with Gasteiger partial charge >= 0.3 is 0 Å². The average Bonchev–Trinajstić information content (AvgIpc) is 2.97. The molecule has 0 aliphatic carbocycles. The molecule has 0 unspecified atom stereocenters. The van der Waals surface area contributed by atoms with Crippen LogP contribution in [0.5, 0.6) is 0 Å². The minimum absolute atomic E-state index is 0.418. The molecule has 4 nitrogen and oxygen atoms in total. The Morgan fingerprint density at radius 3 is 2.68 bits per heavy atom. The van der Waals surface area contributed by atoms with Crippen LogP contribution in [0.3, 0.4) is 0 Å². The summed E-state index contributed by atoms with van der Waals surface area (Å²) in [5, 5.41) is 7.71. The van der Waals surface area contributed by atoms with E-state index >= 15 is 0 Å². The van der Waals surface area contributed by atoms with Crippen LogP contribution < -0.4 is 5.32 Å². The first kappa shape index (κ1) is 14.1. The van der Waals surface area contributed by atoms with E-state index in [1.54, 1.807) is 24.4 Å². The van der Waals surface area contributed by atoms with Crippen molar-refractivity contribution >= 4 is 11.8 Å². The topological polar surface area (TPSA) is 42.7 Å². The molecule has 1 N–H and O–H groups in total. The lowest BCUT2D eigenvalue weighted by Crippen LogP contribution is -2.32. The van der Waals surface area contributed by atoms with Crippen molar-refractivity contribution in [3.05, 3.63) is 42.5 Å². The lowest BCUT2D eigenvalue weighted by atomic mass is 10.2. The molecular formula is C14H20N4S. The van der Waals surface area contributed by atoms with E-state index in [1.165, 1.54) is 10.5 Å². The molecule has 0 fully saturated rings. The molecule has 1 atom stereocenters. The normalized spacial score (nSPS) is 12.5. The van der Waals surface area contributed by atoms with Crippen molar-refractivity contribution in [1.82, 2.24) is 20.1 Å². The molecule has 0 bridgehead atoms. The first-order valence-electron chi connectivity index (χ1n) is 6.50. The molecule has 0 amide bonds. The first-order chi connectivity index (χ1) is 9.31. The van der Waals surface area contributed by atoms with Gasteiger partial charge in [-0.3, -0.25) is 4.68 Å². The molecule has 2 rings (SSSR count). The van der Waals surface area contributed by atoms with Crippen LogP contribution in [0.2, 0.25) is 0 Å². The molecule has 0 aliphatic rings. The number of aromatic nitrogens is 3. The Morgan fingerprint density at radius 1 is 1.32 bits per heavy atom. The lowest BCUT2D eigenvalue weighted by Gasteiger charge is -2.16. The second-order valence-electron chi connectivity index (χ2n) is 4.45. The van der Waals surface area contributed by atoms with Crippen molar-refractivity contribution in [3.8, 4) is 0 Å². The summed E-state index contributed by atoms with van der Waals surface area (Å²) in [4.78, 5) is 5.27. The Balaban J connectivity index is 1.84. The molecule has 0 saturated carbocycles.